The maximum Gasteiger partial charge on any atom is 0.290 e. The third kappa shape index (κ3) is 3.07. The molecule has 2 aromatic carbocycles. The number of halogens is 2. The Morgan fingerprint density at radius 3 is 2.65 bits per heavy atom. The predicted molar refractivity (Wildman–Crippen MR) is 77.0 cm³/mol. The second-order valence-electron chi connectivity index (χ2n) is 3.72. The number of nitro benzene ring substituents is 1. The zero-order valence-corrected chi connectivity index (χ0v) is 12.2. The fourth-order valence-electron chi connectivity index (χ4n) is 1.51. The van der Waals surface area contributed by atoms with Gasteiger partial charge >= 0.3 is 0 Å². The number of hydrogen-bond acceptors (Lipinski definition) is 4. The quantitative estimate of drug-likeness (QED) is 0.593. The van der Waals surface area contributed by atoms with Crippen LogP contribution in [0.4, 0.5) is 5.69 Å². The Labute approximate surface area is 127 Å². The molecule has 0 saturated carbocycles. The van der Waals surface area contributed by atoms with Crippen LogP contribution in [-0.2, 0) is 0 Å². The van der Waals surface area contributed by atoms with Crippen LogP contribution in [0.3, 0.4) is 0 Å². The van der Waals surface area contributed by atoms with Gasteiger partial charge < -0.3 is 4.74 Å². The summed E-state index contributed by atoms with van der Waals surface area (Å²) in [7, 11) is 0. The zero-order valence-electron chi connectivity index (χ0n) is 9.84. The number of rotatable bonds is 3. The molecule has 20 heavy (non-hydrogen) atoms. The first-order chi connectivity index (χ1) is 9.51. The van der Waals surface area contributed by atoms with E-state index in [4.69, 9.17) is 21.6 Å². The summed E-state index contributed by atoms with van der Waals surface area (Å²) in [5.74, 6) is 0.605. The molecule has 0 fully saturated rings. The van der Waals surface area contributed by atoms with E-state index in [1.54, 1.807) is 24.3 Å². The van der Waals surface area contributed by atoms with Gasteiger partial charge in [-0.3, -0.25) is 10.1 Å². The number of nitro groups is 1. The van der Waals surface area contributed by atoms with Crippen molar-refractivity contribution in [2.75, 3.05) is 0 Å². The van der Waals surface area contributed by atoms with Crippen LogP contribution in [0.1, 0.15) is 5.56 Å². The van der Waals surface area contributed by atoms with Crippen LogP contribution in [0.15, 0.2) is 40.9 Å². The number of hydrogen-bond donors (Lipinski definition) is 0. The Kier molecular flexibility index (Phi) is 4.23. The zero-order chi connectivity index (χ0) is 14.7. The van der Waals surface area contributed by atoms with Gasteiger partial charge in [-0.05, 0) is 30.3 Å². The van der Waals surface area contributed by atoms with Gasteiger partial charge in [0.15, 0.2) is 0 Å². The second-order valence-corrected chi connectivity index (χ2v) is 5.05. The van der Waals surface area contributed by atoms with Gasteiger partial charge in [-0.25, -0.2) is 0 Å². The summed E-state index contributed by atoms with van der Waals surface area (Å²) < 4.78 is 6.28. The van der Waals surface area contributed by atoms with E-state index in [9.17, 15) is 10.1 Å². The van der Waals surface area contributed by atoms with E-state index in [1.807, 2.05) is 0 Å². The Morgan fingerprint density at radius 1 is 1.30 bits per heavy atom. The molecule has 2 rings (SSSR count). The van der Waals surface area contributed by atoms with E-state index in [1.165, 1.54) is 18.2 Å². The molecular formula is C13H6BrClN2O3. The molecule has 0 aromatic heterocycles. The fraction of sp³-hybridized carbons (Fsp3) is 0. The van der Waals surface area contributed by atoms with Crippen LogP contribution in [0, 0.1) is 21.4 Å². The highest BCUT2D eigenvalue weighted by Crippen LogP contribution is 2.33. The third-order valence-corrected chi connectivity index (χ3v) is 3.20. The van der Waals surface area contributed by atoms with E-state index in [-0.39, 0.29) is 17.0 Å². The standard InChI is InChI=1S/C13H6BrClN2O3/c14-9-2-4-13(11(15)5-9)20-10-3-1-8(7-16)12(6-10)17(18)19/h1-6H. The summed E-state index contributed by atoms with van der Waals surface area (Å²) in [6, 6.07) is 10.8. The Hall–Kier alpha value is -2.10. The maximum atomic E-state index is 10.9. The van der Waals surface area contributed by atoms with Gasteiger partial charge in [-0.2, -0.15) is 5.26 Å². The molecule has 5 nitrogen and oxygen atoms in total. The van der Waals surface area contributed by atoms with Crippen molar-refractivity contribution in [1.82, 2.24) is 0 Å². The summed E-state index contributed by atoms with van der Waals surface area (Å²) in [6.07, 6.45) is 0. The molecule has 0 spiro atoms. The van der Waals surface area contributed by atoms with E-state index in [2.05, 4.69) is 15.9 Å². The second kappa shape index (κ2) is 5.90. The van der Waals surface area contributed by atoms with Crippen LogP contribution in [0.2, 0.25) is 5.02 Å². The van der Waals surface area contributed by atoms with Crippen molar-refractivity contribution < 1.29 is 9.66 Å². The van der Waals surface area contributed by atoms with Crippen molar-refractivity contribution >= 4 is 33.2 Å². The van der Waals surface area contributed by atoms with Crippen LogP contribution in [0.25, 0.3) is 0 Å². The highest BCUT2D eigenvalue weighted by Gasteiger charge is 2.15. The average Bonchev–Trinajstić information content (AvgIpc) is 2.41. The third-order valence-electron chi connectivity index (χ3n) is 2.41. The first-order valence-corrected chi connectivity index (χ1v) is 6.50. The number of ether oxygens (including phenoxy) is 1. The smallest absolute Gasteiger partial charge is 0.290 e. The normalized spacial score (nSPS) is 9.85. The lowest BCUT2D eigenvalue weighted by molar-refractivity contribution is -0.385. The van der Waals surface area contributed by atoms with Crippen molar-refractivity contribution in [1.29, 1.82) is 5.26 Å². The number of benzene rings is 2. The lowest BCUT2D eigenvalue weighted by atomic mass is 10.2. The lowest BCUT2D eigenvalue weighted by Gasteiger charge is -2.08. The number of nitriles is 1. The van der Waals surface area contributed by atoms with E-state index < -0.39 is 4.92 Å². The molecule has 0 atom stereocenters. The highest BCUT2D eigenvalue weighted by molar-refractivity contribution is 9.10. The lowest BCUT2D eigenvalue weighted by Crippen LogP contribution is -1.93. The van der Waals surface area contributed by atoms with Gasteiger partial charge in [0.25, 0.3) is 5.69 Å². The topological polar surface area (TPSA) is 76.2 Å². The predicted octanol–water partition coefficient (Wildman–Crippen LogP) is 4.67. The molecule has 0 aliphatic rings. The maximum absolute atomic E-state index is 10.9. The highest BCUT2D eigenvalue weighted by atomic mass is 79.9. The van der Waals surface area contributed by atoms with Gasteiger partial charge in [0, 0.05) is 4.47 Å². The van der Waals surface area contributed by atoms with Crippen LogP contribution >= 0.6 is 27.5 Å². The molecule has 2 aromatic rings. The fourth-order valence-corrected chi connectivity index (χ4v) is 2.22. The first kappa shape index (κ1) is 14.3. The van der Waals surface area contributed by atoms with Crippen LogP contribution in [0.5, 0.6) is 11.5 Å². The minimum atomic E-state index is -0.630. The van der Waals surface area contributed by atoms with Gasteiger partial charge in [0.05, 0.1) is 16.0 Å². The molecule has 0 bridgehead atoms. The van der Waals surface area contributed by atoms with Crippen molar-refractivity contribution in [3.63, 3.8) is 0 Å². The Balaban J connectivity index is 2.37. The van der Waals surface area contributed by atoms with Gasteiger partial charge in [-0.15, -0.1) is 0 Å². The Morgan fingerprint density at radius 2 is 2.05 bits per heavy atom. The molecule has 7 heteroatoms. The molecule has 0 N–H and O–H groups in total. The SMILES string of the molecule is N#Cc1ccc(Oc2ccc(Br)cc2Cl)cc1[N+](=O)[O-]. The minimum Gasteiger partial charge on any atom is -0.456 e. The van der Waals surface area contributed by atoms with E-state index in [0.717, 1.165) is 4.47 Å². The summed E-state index contributed by atoms with van der Waals surface area (Å²) in [5.41, 5.74) is -0.331. The van der Waals surface area contributed by atoms with E-state index >= 15 is 0 Å². The molecule has 0 heterocycles. The van der Waals surface area contributed by atoms with Crippen LogP contribution in [-0.4, -0.2) is 4.92 Å². The molecule has 0 aliphatic carbocycles. The summed E-state index contributed by atoms with van der Waals surface area (Å²) in [4.78, 5) is 10.2. The molecule has 0 radical (unpaired) electrons. The first-order valence-electron chi connectivity index (χ1n) is 5.32. The summed E-state index contributed by atoms with van der Waals surface area (Å²) in [5, 5.41) is 20.0. The molecule has 100 valence electrons. The largest absolute Gasteiger partial charge is 0.456 e. The van der Waals surface area contributed by atoms with Gasteiger partial charge in [0.2, 0.25) is 0 Å². The summed E-state index contributed by atoms with van der Waals surface area (Å²) in [6.45, 7) is 0. The molecular weight excluding hydrogens is 348 g/mol. The van der Waals surface area contributed by atoms with Crippen molar-refractivity contribution in [3.05, 3.63) is 61.6 Å². The minimum absolute atomic E-state index is 0.0238. The van der Waals surface area contributed by atoms with Crippen LogP contribution < -0.4 is 4.74 Å². The molecule has 0 aliphatic heterocycles. The molecule has 0 amide bonds. The van der Waals surface area contributed by atoms with E-state index in [0.29, 0.717) is 10.8 Å². The monoisotopic (exact) mass is 352 g/mol. The summed E-state index contributed by atoms with van der Waals surface area (Å²) >= 11 is 9.26. The number of nitrogens with zero attached hydrogens (tertiary/aromatic N) is 2. The van der Waals surface area contributed by atoms with Crippen molar-refractivity contribution in [3.8, 4) is 17.6 Å². The van der Waals surface area contributed by atoms with Gasteiger partial charge in [-0.1, -0.05) is 27.5 Å². The Bertz CT molecular complexity index is 728. The van der Waals surface area contributed by atoms with Crippen molar-refractivity contribution in [2.45, 2.75) is 0 Å². The average molecular weight is 354 g/mol. The van der Waals surface area contributed by atoms with Gasteiger partial charge in [0.1, 0.15) is 23.1 Å². The molecule has 0 saturated heterocycles. The molecule has 0 unspecified atom stereocenters. The van der Waals surface area contributed by atoms with Crippen molar-refractivity contribution in [2.24, 2.45) is 0 Å².